The zero-order valence-electron chi connectivity index (χ0n) is 14.0. The highest BCUT2D eigenvalue weighted by molar-refractivity contribution is 5.50. The van der Waals surface area contributed by atoms with Crippen LogP contribution in [0.1, 0.15) is 11.1 Å². The molecule has 2 aromatic carbocycles. The van der Waals surface area contributed by atoms with E-state index in [1.807, 2.05) is 23.1 Å². The maximum absolute atomic E-state index is 12.8. The third-order valence-corrected chi connectivity index (χ3v) is 4.53. The number of hydrogen-bond donors (Lipinski definition) is 1. The Labute approximate surface area is 146 Å². The molecule has 2 nitrogen and oxygen atoms in total. The SMILES string of the molecule is FC(F)(F)c1cccc(N2CC[NH+](C/C=C/c3ccccc3)CC2)c1. The standard InChI is InChI=1S/C20H21F3N2/c21-20(22,23)18-9-4-10-19(16-18)25-14-12-24(13-15-25)11-5-8-17-6-2-1-3-7-17/h1-10,16H,11-15H2/p+1/b8-5+. The van der Waals surface area contributed by atoms with Crippen LogP contribution in [0.15, 0.2) is 60.7 Å². The van der Waals surface area contributed by atoms with Gasteiger partial charge in [0.15, 0.2) is 0 Å². The average Bonchev–Trinajstić information content (AvgIpc) is 2.63. The maximum Gasteiger partial charge on any atom is 0.416 e. The van der Waals surface area contributed by atoms with E-state index in [2.05, 4.69) is 24.3 Å². The molecule has 0 spiro atoms. The molecule has 3 rings (SSSR count). The molecule has 0 bridgehead atoms. The van der Waals surface area contributed by atoms with E-state index in [0.717, 1.165) is 38.8 Å². The molecule has 0 saturated carbocycles. The second kappa shape index (κ2) is 7.74. The van der Waals surface area contributed by atoms with Crippen LogP contribution in [0.2, 0.25) is 0 Å². The Morgan fingerprint density at radius 3 is 2.36 bits per heavy atom. The van der Waals surface area contributed by atoms with Crippen molar-refractivity contribution in [3.05, 3.63) is 71.8 Å². The second-order valence-electron chi connectivity index (χ2n) is 6.30. The molecular weight excluding hydrogens is 325 g/mol. The van der Waals surface area contributed by atoms with Gasteiger partial charge in [-0.15, -0.1) is 0 Å². The van der Waals surface area contributed by atoms with Gasteiger partial charge in [0.05, 0.1) is 38.3 Å². The predicted octanol–water partition coefficient (Wildman–Crippen LogP) is 3.12. The number of hydrogen-bond acceptors (Lipinski definition) is 1. The molecule has 1 aliphatic heterocycles. The Kier molecular flexibility index (Phi) is 5.43. The smallest absolute Gasteiger partial charge is 0.360 e. The molecule has 0 unspecified atom stereocenters. The molecule has 132 valence electrons. The van der Waals surface area contributed by atoms with Crippen molar-refractivity contribution in [2.45, 2.75) is 6.18 Å². The summed E-state index contributed by atoms with van der Waals surface area (Å²) in [4.78, 5) is 3.50. The number of quaternary nitrogens is 1. The van der Waals surface area contributed by atoms with E-state index in [4.69, 9.17) is 0 Å². The molecule has 0 radical (unpaired) electrons. The van der Waals surface area contributed by atoms with Crippen LogP contribution in [0.4, 0.5) is 18.9 Å². The average molecular weight is 347 g/mol. The molecular formula is C20H22F3N2+. The fourth-order valence-corrected chi connectivity index (χ4v) is 3.09. The molecule has 0 amide bonds. The van der Waals surface area contributed by atoms with E-state index in [0.29, 0.717) is 5.69 Å². The number of rotatable bonds is 4. The van der Waals surface area contributed by atoms with Crippen LogP contribution in [0, 0.1) is 0 Å². The van der Waals surface area contributed by atoms with E-state index in [9.17, 15) is 13.2 Å². The molecule has 1 fully saturated rings. The van der Waals surface area contributed by atoms with E-state index in [-0.39, 0.29) is 0 Å². The number of nitrogens with one attached hydrogen (secondary N) is 1. The molecule has 25 heavy (non-hydrogen) atoms. The van der Waals surface area contributed by atoms with Crippen LogP contribution in [0.3, 0.4) is 0 Å². The first kappa shape index (κ1) is 17.5. The highest BCUT2D eigenvalue weighted by Crippen LogP contribution is 2.31. The molecule has 0 aliphatic carbocycles. The lowest BCUT2D eigenvalue weighted by Gasteiger charge is -2.33. The largest absolute Gasteiger partial charge is 0.416 e. The van der Waals surface area contributed by atoms with Crippen molar-refractivity contribution in [1.29, 1.82) is 0 Å². The summed E-state index contributed by atoms with van der Waals surface area (Å²) in [5.41, 5.74) is 1.27. The normalized spacial score (nSPS) is 16.5. The van der Waals surface area contributed by atoms with Crippen molar-refractivity contribution in [2.24, 2.45) is 0 Å². The number of anilines is 1. The van der Waals surface area contributed by atoms with Crippen molar-refractivity contribution in [3.8, 4) is 0 Å². The summed E-state index contributed by atoms with van der Waals surface area (Å²) in [6, 6.07) is 15.8. The molecule has 5 heteroatoms. The number of piperazine rings is 1. The number of nitrogens with zero attached hydrogens (tertiary/aromatic N) is 1. The van der Waals surface area contributed by atoms with E-state index >= 15 is 0 Å². The van der Waals surface area contributed by atoms with Crippen LogP contribution in [-0.2, 0) is 6.18 Å². The van der Waals surface area contributed by atoms with E-state index < -0.39 is 11.7 Å². The van der Waals surface area contributed by atoms with Crippen LogP contribution in [0.25, 0.3) is 6.08 Å². The molecule has 1 N–H and O–H groups in total. The summed E-state index contributed by atoms with van der Waals surface area (Å²) < 4.78 is 38.5. The molecule has 0 atom stereocenters. The minimum atomic E-state index is -4.29. The quantitative estimate of drug-likeness (QED) is 0.893. The topological polar surface area (TPSA) is 7.68 Å². The lowest BCUT2D eigenvalue weighted by atomic mass is 10.1. The van der Waals surface area contributed by atoms with Crippen molar-refractivity contribution < 1.29 is 18.1 Å². The zero-order chi connectivity index (χ0) is 17.7. The minimum absolute atomic E-state index is 0.578. The van der Waals surface area contributed by atoms with Gasteiger partial charge in [-0.2, -0.15) is 13.2 Å². The van der Waals surface area contributed by atoms with Gasteiger partial charge in [-0.05, 0) is 29.8 Å². The third kappa shape index (κ3) is 4.86. The first-order chi connectivity index (χ1) is 12.0. The second-order valence-corrected chi connectivity index (χ2v) is 6.30. The van der Waals surface area contributed by atoms with Gasteiger partial charge in [0.2, 0.25) is 0 Å². The number of benzene rings is 2. The Morgan fingerprint density at radius 1 is 0.960 bits per heavy atom. The van der Waals surface area contributed by atoms with Crippen LogP contribution in [-0.4, -0.2) is 32.7 Å². The van der Waals surface area contributed by atoms with Crippen molar-refractivity contribution in [3.63, 3.8) is 0 Å². The van der Waals surface area contributed by atoms with Crippen LogP contribution in [0.5, 0.6) is 0 Å². The van der Waals surface area contributed by atoms with Gasteiger partial charge in [0.25, 0.3) is 0 Å². The molecule has 0 aromatic heterocycles. The first-order valence-electron chi connectivity index (χ1n) is 8.50. The fraction of sp³-hybridized carbons (Fsp3) is 0.300. The van der Waals surface area contributed by atoms with Gasteiger partial charge in [0.1, 0.15) is 0 Å². The summed E-state index contributed by atoms with van der Waals surface area (Å²) >= 11 is 0. The highest BCUT2D eigenvalue weighted by Gasteiger charge is 2.31. The van der Waals surface area contributed by atoms with Crippen molar-refractivity contribution in [1.82, 2.24) is 0 Å². The summed E-state index contributed by atoms with van der Waals surface area (Å²) in [6.07, 6.45) is 0.00208. The summed E-state index contributed by atoms with van der Waals surface area (Å²) in [5.74, 6) is 0. The van der Waals surface area contributed by atoms with Crippen LogP contribution < -0.4 is 9.80 Å². The first-order valence-corrected chi connectivity index (χ1v) is 8.50. The fourth-order valence-electron chi connectivity index (χ4n) is 3.09. The molecule has 1 heterocycles. The van der Waals surface area contributed by atoms with Crippen LogP contribution >= 0.6 is 0 Å². The van der Waals surface area contributed by atoms with Gasteiger partial charge in [-0.1, -0.05) is 42.5 Å². The van der Waals surface area contributed by atoms with Gasteiger partial charge in [-0.3, -0.25) is 0 Å². The Morgan fingerprint density at radius 2 is 1.68 bits per heavy atom. The summed E-state index contributed by atoms with van der Waals surface area (Å²) in [5, 5.41) is 0. The van der Waals surface area contributed by atoms with Gasteiger partial charge in [0, 0.05) is 5.69 Å². The van der Waals surface area contributed by atoms with Gasteiger partial charge < -0.3 is 9.80 Å². The minimum Gasteiger partial charge on any atom is -0.360 e. The monoisotopic (exact) mass is 347 g/mol. The van der Waals surface area contributed by atoms with E-state index in [1.54, 1.807) is 6.07 Å². The van der Waals surface area contributed by atoms with Crippen molar-refractivity contribution >= 4 is 11.8 Å². The van der Waals surface area contributed by atoms with E-state index in [1.165, 1.54) is 22.6 Å². The molecule has 1 saturated heterocycles. The Balaban J connectivity index is 1.53. The van der Waals surface area contributed by atoms with Gasteiger partial charge in [-0.25, -0.2) is 0 Å². The number of alkyl halides is 3. The lowest BCUT2D eigenvalue weighted by Crippen LogP contribution is -3.14. The Hall–Kier alpha value is -2.27. The number of halogens is 3. The van der Waals surface area contributed by atoms with Crippen molar-refractivity contribution in [2.75, 3.05) is 37.6 Å². The van der Waals surface area contributed by atoms with Gasteiger partial charge >= 0.3 is 6.18 Å². The molecule has 1 aliphatic rings. The highest BCUT2D eigenvalue weighted by atomic mass is 19.4. The maximum atomic E-state index is 12.8. The Bertz CT molecular complexity index is 702. The zero-order valence-corrected chi connectivity index (χ0v) is 14.0. The molecule has 2 aromatic rings. The summed E-state index contributed by atoms with van der Waals surface area (Å²) in [6.45, 7) is 4.34. The predicted molar refractivity (Wildman–Crippen MR) is 94.7 cm³/mol. The summed E-state index contributed by atoms with van der Waals surface area (Å²) in [7, 11) is 0. The third-order valence-electron chi connectivity index (χ3n) is 4.53. The lowest BCUT2D eigenvalue weighted by molar-refractivity contribution is -0.894.